The second kappa shape index (κ2) is 3.92. The van der Waals surface area contributed by atoms with E-state index in [1.54, 1.807) is 13.8 Å². The molecular weight excluding hydrogens is 182 g/mol. The third-order valence-corrected chi connectivity index (χ3v) is 1.89. The summed E-state index contributed by atoms with van der Waals surface area (Å²) in [6, 6.07) is 1.08. The maximum absolute atomic E-state index is 11.3. The van der Waals surface area contributed by atoms with E-state index in [0.29, 0.717) is 5.71 Å². The van der Waals surface area contributed by atoms with E-state index in [1.165, 1.54) is 0 Å². The van der Waals surface area contributed by atoms with Crippen LogP contribution in [0, 0.1) is 11.3 Å². The van der Waals surface area contributed by atoms with E-state index in [2.05, 4.69) is 4.99 Å². The summed E-state index contributed by atoms with van der Waals surface area (Å²) in [4.78, 5) is 15.3. The van der Waals surface area contributed by atoms with Crippen molar-refractivity contribution in [1.29, 1.82) is 5.26 Å². The highest BCUT2D eigenvalue weighted by molar-refractivity contribution is 6.07. The molecule has 0 aromatic carbocycles. The third-order valence-electron chi connectivity index (χ3n) is 1.89. The molecule has 1 heterocycles. The molecule has 1 aliphatic rings. The summed E-state index contributed by atoms with van der Waals surface area (Å²) in [6.07, 6.45) is 0. The van der Waals surface area contributed by atoms with Crippen molar-refractivity contribution in [2.24, 2.45) is 10.7 Å². The van der Waals surface area contributed by atoms with Gasteiger partial charge < -0.3 is 10.5 Å². The van der Waals surface area contributed by atoms with Crippen LogP contribution in [0.4, 0.5) is 0 Å². The highest BCUT2D eigenvalue weighted by atomic mass is 16.5. The highest BCUT2D eigenvalue weighted by Gasteiger charge is 2.30. The second-order valence-corrected chi connectivity index (χ2v) is 2.81. The molecule has 1 atom stereocenters. The molecule has 74 valence electrons. The van der Waals surface area contributed by atoms with Crippen LogP contribution in [0.5, 0.6) is 0 Å². The molecule has 0 bridgehead atoms. The van der Waals surface area contributed by atoms with Gasteiger partial charge in [-0.2, -0.15) is 5.26 Å². The number of hydrogen-bond acceptors (Lipinski definition) is 5. The highest BCUT2D eigenvalue weighted by Crippen LogP contribution is 2.18. The Morgan fingerprint density at radius 2 is 2.43 bits per heavy atom. The fraction of sp³-hybridized carbons (Fsp3) is 0.444. The summed E-state index contributed by atoms with van der Waals surface area (Å²) < 4.78 is 4.77. The zero-order valence-electron chi connectivity index (χ0n) is 8.07. The number of allylic oxidation sites excluding steroid dienone is 1. The largest absolute Gasteiger partial charge is 0.464 e. The van der Waals surface area contributed by atoms with Crippen LogP contribution in [0.3, 0.4) is 0 Å². The second-order valence-electron chi connectivity index (χ2n) is 2.81. The van der Waals surface area contributed by atoms with Crippen LogP contribution < -0.4 is 5.73 Å². The van der Waals surface area contributed by atoms with Crippen LogP contribution in [0.25, 0.3) is 0 Å². The van der Waals surface area contributed by atoms with Crippen LogP contribution in [-0.4, -0.2) is 24.3 Å². The SMILES string of the molecule is CCOC(=O)[C@@H]1N=C(C)C(C#N)=C1N. The minimum Gasteiger partial charge on any atom is -0.464 e. The first-order valence-electron chi connectivity index (χ1n) is 4.23. The maximum Gasteiger partial charge on any atom is 0.337 e. The first-order valence-corrected chi connectivity index (χ1v) is 4.23. The predicted molar refractivity (Wildman–Crippen MR) is 50.4 cm³/mol. The molecule has 0 spiro atoms. The van der Waals surface area contributed by atoms with Gasteiger partial charge in [-0.25, -0.2) is 4.79 Å². The lowest BCUT2D eigenvalue weighted by Crippen LogP contribution is -2.26. The monoisotopic (exact) mass is 193 g/mol. The Morgan fingerprint density at radius 1 is 1.79 bits per heavy atom. The van der Waals surface area contributed by atoms with Gasteiger partial charge in [-0.3, -0.25) is 4.99 Å². The minimum atomic E-state index is -0.829. The number of esters is 1. The van der Waals surface area contributed by atoms with Crippen LogP contribution in [0.15, 0.2) is 16.3 Å². The number of nitrogens with two attached hydrogens (primary N) is 1. The van der Waals surface area contributed by atoms with Gasteiger partial charge in [0.2, 0.25) is 0 Å². The molecule has 2 N–H and O–H groups in total. The first kappa shape index (κ1) is 10.3. The smallest absolute Gasteiger partial charge is 0.337 e. The van der Waals surface area contributed by atoms with Crippen molar-refractivity contribution < 1.29 is 9.53 Å². The fourth-order valence-electron chi connectivity index (χ4n) is 1.22. The topological polar surface area (TPSA) is 88.5 Å². The Labute approximate surface area is 81.9 Å². The molecule has 0 radical (unpaired) electrons. The lowest BCUT2D eigenvalue weighted by atomic mass is 10.1. The molecule has 1 rings (SSSR count). The summed E-state index contributed by atoms with van der Waals surface area (Å²) in [5.41, 5.74) is 6.55. The van der Waals surface area contributed by atoms with Crippen molar-refractivity contribution in [3.8, 4) is 6.07 Å². The average molecular weight is 193 g/mol. The van der Waals surface area contributed by atoms with Gasteiger partial charge in [0.15, 0.2) is 6.04 Å². The molecule has 0 saturated carbocycles. The Morgan fingerprint density at radius 3 is 2.86 bits per heavy atom. The van der Waals surface area contributed by atoms with Gasteiger partial charge in [0.25, 0.3) is 0 Å². The van der Waals surface area contributed by atoms with Gasteiger partial charge in [0.05, 0.1) is 23.6 Å². The molecule has 14 heavy (non-hydrogen) atoms. The normalized spacial score (nSPS) is 20.4. The number of ether oxygens (including phenoxy) is 1. The molecule has 0 aliphatic carbocycles. The summed E-state index contributed by atoms with van der Waals surface area (Å²) in [5, 5.41) is 8.72. The van der Waals surface area contributed by atoms with E-state index in [-0.39, 0.29) is 17.9 Å². The van der Waals surface area contributed by atoms with E-state index in [9.17, 15) is 4.79 Å². The van der Waals surface area contributed by atoms with Crippen LogP contribution in [0.1, 0.15) is 13.8 Å². The Hall–Kier alpha value is -1.83. The minimum absolute atomic E-state index is 0.184. The number of rotatable bonds is 2. The standard InChI is InChI=1S/C9H11N3O2/c1-3-14-9(13)8-7(11)6(4-10)5(2)12-8/h8H,3,11H2,1-2H3/t8-/m1/s1. The van der Waals surface area contributed by atoms with Crippen molar-refractivity contribution in [3.63, 3.8) is 0 Å². The Bertz CT molecular complexity index is 363. The fourth-order valence-corrected chi connectivity index (χ4v) is 1.22. The number of carbonyl (C=O) groups is 1. The zero-order chi connectivity index (χ0) is 10.7. The molecular formula is C9H11N3O2. The zero-order valence-corrected chi connectivity index (χ0v) is 8.07. The molecule has 0 unspecified atom stereocenters. The number of hydrogen-bond donors (Lipinski definition) is 1. The van der Waals surface area contributed by atoms with Gasteiger partial charge in [0.1, 0.15) is 6.07 Å². The first-order chi connectivity index (χ1) is 6.61. The lowest BCUT2D eigenvalue weighted by Gasteiger charge is -2.07. The number of carbonyl (C=O) groups excluding carboxylic acids is 1. The van der Waals surface area contributed by atoms with E-state index in [4.69, 9.17) is 15.7 Å². The van der Waals surface area contributed by atoms with Gasteiger partial charge in [-0.15, -0.1) is 0 Å². The summed E-state index contributed by atoms with van der Waals surface area (Å²) >= 11 is 0. The lowest BCUT2D eigenvalue weighted by molar-refractivity contribution is -0.143. The number of aliphatic imine (C=N–C) groups is 1. The van der Waals surface area contributed by atoms with Crippen LogP contribution in [0.2, 0.25) is 0 Å². The van der Waals surface area contributed by atoms with E-state index < -0.39 is 12.0 Å². The van der Waals surface area contributed by atoms with Gasteiger partial charge in [-0.05, 0) is 13.8 Å². The Balaban J connectivity index is 2.93. The predicted octanol–water partition coefficient (Wildman–Crippen LogP) is 0.129. The number of nitriles is 1. The van der Waals surface area contributed by atoms with Crippen molar-refractivity contribution in [2.75, 3.05) is 6.61 Å². The summed E-state index contributed by atoms with van der Waals surface area (Å²) in [6.45, 7) is 3.62. The van der Waals surface area contributed by atoms with E-state index in [0.717, 1.165) is 0 Å². The molecule has 5 heteroatoms. The molecule has 0 aromatic heterocycles. The Kier molecular flexibility index (Phi) is 2.87. The average Bonchev–Trinajstić information content (AvgIpc) is 2.42. The van der Waals surface area contributed by atoms with E-state index >= 15 is 0 Å². The van der Waals surface area contributed by atoms with Crippen molar-refractivity contribution in [1.82, 2.24) is 0 Å². The molecule has 0 aromatic rings. The van der Waals surface area contributed by atoms with Crippen molar-refractivity contribution in [3.05, 3.63) is 11.3 Å². The van der Waals surface area contributed by atoms with Gasteiger partial charge >= 0.3 is 5.97 Å². The summed E-state index contributed by atoms with van der Waals surface area (Å²) in [7, 11) is 0. The van der Waals surface area contributed by atoms with Gasteiger partial charge in [-0.1, -0.05) is 0 Å². The van der Waals surface area contributed by atoms with Crippen molar-refractivity contribution >= 4 is 11.7 Å². The molecule has 0 amide bonds. The molecule has 1 aliphatic heterocycles. The molecule has 5 nitrogen and oxygen atoms in total. The maximum atomic E-state index is 11.3. The van der Waals surface area contributed by atoms with Gasteiger partial charge in [0, 0.05) is 0 Å². The number of nitrogens with zero attached hydrogens (tertiary/aromatic N) is 2. The van der Waals surface area contributed by atoms with Crippen LogP contribution >= 0.6 is 0 Å². The quantitative estimate of drug-likeness (QED) is 0.631. The molecule has 0 saturated heterocycles. The summed E-state index contributed by atoms with van der Waals surface area (Å²) in [5.74, 6) is -0.505. The van der Waals surface area contributed by atoms with Crippen molar-refractivity contribution in [2.45, 2.75) is 19.9 Å². The van der Waals surface area contributed by atoms with Crippen LogP contribution in [-0.2, 0) is 9.53 Å². The van der Waals surface area contributed by atoms with E-state index in [1.807, 2.05) is 6.07 Å². The molecule has 0 fully saturated rings. The third kappa shape index (κ3) is 1.59.